The second kappa shape index (κ2) is 8.25. The first kappa shape index (κ1) is 17.0. The van der Waals surface area contributed by atoms with Crippen molar-refractivity contribution in [3.8, 4) is 0 Å². The Morgan fingerprint density at radius 2 is 2.10 bits per heavy atom. The van der Waals surface area contributed by atoms with Crippen molar-refractivity contribution in [1.29, 1.82) is 0 Å². The molecule has 1 rings (SSSR count). The van der Waals surface area contributed by atoms with E-state index in [2.05, 4.69) is 10.6 Å². The van der Waals surface area contributed by atoms with E-state index >= 15 is 0 Å². The Bertz CT molecular complexity index is 490. The number of carbonyl (C=O) groups is 3. The van der Waals surface area contributed by atoms with E-state index in [0.717, 1.165) is 5.56 Å². The highest BCUT2D eigenvalue weighted by Gasteiger charge is 2.21. The van der Waals surface area contributed by atoms with Crippen LogP contribution in [0.2, 0.25) is 0 Å². The lowest BCUT2D eigenvalue weighted by Gasteiger charge is -2.17. The van der Waals surface area contributed by atoms with E-state index in [1.807, 2.05) is 23.8 Å². The van der Waals surface area contributed by atoms with Crippen LogP contribution in [0.15, 0.2) is 16.8 Å². The number of thiophene rings is 1. The van der Waals surface area contributed by atoms with Crippen LogP contribution < -0.4 is 16.4 Å². The molecule has 8 heteroatoms. The Labute approximate surface area is 126 Å². The average Bonchev–Trinajstić information content (AvgIpc) is 2.86. The van der Waals surface area contributed by atoms with Crippen LogP contribution >= 0.6 is 11.3 Å². The number of hydrogen-bond donors (Lipinski definition) is 4. The number of rotatable bonds is 8. The second-order valence-corrected chi connectivity index (χ2v) is 5.53. The van der Waals surface area contributed by atoms with Crippen molar-refractivity contribution in [2.45, 2.75) is 38.3 Å². The van der Waals surface area contributed by atoms with Crippen LogP contribution in [-0.2, 0) is 16.0 Å². The maximum atomic E-state index is 11.7. The number of nitrogens with two attached hydrogens (primary N) is 1. The SMILES string of the molecule is CC(Cc1ccsc1)NC(=O)NC(CCC(N)=O)C(=O)O. The standard InChI is InChI=1S/C13H19N3O4S/c1-8(6-9-4-5-21-7-9)15-13(20)16-10(12(18)19)2-3-11(14)17/h4-5,7-8,10H,2-3,6H2,1H3,(H2,14,17)(H,18,19)(H2,15,16,20). The smallest absolute Gasteiger partial charge is 0.326 e. The molecule has 7 nitrogen and oxygen atoms in total. The summed E-state index contributed by atoms with van der Waals surface area (Å²) in [7, 11) is 0. The number of primary amides is 1. The minimum absolute atomic E-state index is 0.0308. The van der Waals surface area contributed by atoms with Gasteiger partial charge < -0.3 is 21.5 Å². The highest BCUT2D eigenvalue weighted by molar-refractivity contribution is 7.07. The van der Waals surface area contributed by atoms with Crippen LogP contribution in [0.25, 0.3) is 0 Å². The van der Waals surface area contributed by atoms with E-state index in [1.54, 1.807) is 11.3 Å². The predicted octanol–water partition coefficient (Wildman–Crippen LogP) is 0.697. The molecule has 0 saturated carbocycles. The van der Waals surface area contributed by atoms with Gasteiger partial charge in [-0.25, -0.2) is 9.59 Å². The van der Waals surface area contributed by atoms with Gasteiger partial charge in [-0.2, -0.15) is 11.3 Å². The summed E-state index contributed by atoms with van der Waals surface area (Å²) in [6.45, 7) is 1.83. The third-order valence-corrected chi connectivity index (χ3v) is 3.51. The van der Waals surface area contributed by atoms with Crippen molar-refractivity contribution >= 4 is 29.2 Å². The lowest BCUT2D eigenvalue weighted by Crippen LogP contribution is -2.49. The van der Waals surface area contributed by atoms with Gasteiger partial charge in [0, 0.05) is 12.5 Å². The van der Waals surface area contributed by atoms with E-state index in [-0.39, 0.29) is 18.9 Å². The van der Waals surface area contributed by atoms with Gasteiger partial charge in [-0.1, -0.05) is 0 Å². The second-order valence-electron chi connectivity index (χ2n) is 4.75. The number of carboxylic acids is 1. The number of nitrogens with one attached hydrogen (secondary N) is 2. The molecule has 1 aromatic heterocycles. The fourth-order valence-corrected chi connectivity index (χ4v) is 2.46. The fraction of sp³-hybridized carbons (Fsp3) is 0.462. The number of aliphatic carboxylic acids is 1. The molecule has 2 unspecified atom stereocenters. The number of hydrogen-bond acceptors (Lipinski definition) is 4. The molecular weight excluding hydrogens is 294 g/mol. The van der Waals surface area contributed by atoms with Crippen molar-refractivity contribution in [3.63, 3.8) is 0 Å². The molecule has 0 aliphatic rings. The molecule has 0 saturated heterocycles. The summed E-state index contributed by atoms with van der Waals surface area (Å²) in [5, 5.41) is 17.9. The number of carbonyl (C=O) groups excluding carboxylic acids is 2. The maximum Gasteiger partial charge on any atom is 0.326 e. The van der Waals surface area contributed by atoms with Gasteiger partial charge in [0.2, 0.25) is 5.91 Å². The van der Waals surface area contributed by atoms with Crippen LogP contribution in [0.3, 0.4) is 0 Å². The van der Waals surface area contributed by atoms with E-state index < -0.39 is 23.9 Å². The Morgan fingerprint density at radius 1 is 1.38 bits per heavy atom. The van der Waals surface area contributed by atoms with E-state index in [0.29, 0.717) is 6.42 Å². The van der Waals surface area contributed by atoms with E-state index in [4.69, 9.17) is 10.8 Å². The van der Waals surface area contributed by atoms with Crippen molar-refractivity contribution in [2.24, 2.45) is 5.73 Å². The first-order valence-electron chi connectivity index (χ1n) is 6.47. The summed E-state index contributed by atoms with van der Waals surface area (Å²) in [6, 6.07) is 0.124. The molecule has 5 N–H and O–H groups in total. The van der Waals surface area contributed by atoms with Crippen LogP contribution in [-0.4, -0.2) is 35.1 Å². The number of amides is 3. The first-order chi connectivity index (χ1) is 9.88. The van der Waals surface area contributed by atoms with Crippen molar-refractivity contribution in [1.82, 2.24) is 10.6 Å². The van der Waals surface area contributed by atoms with Gasteiger partial charge in [0.1, 0.15) is 6.04 Å². The normalized spacial score (nSPS) is 13.2. The maximum absolute atomic E-state index is 11.7. The average molecular weight is 313 g/mol. The van der Waals surface area contributed by atoms with Crippen molar-refractivity contribution in [2.75, 3.05) is 0 Å². The summed E-state index contributed by atoms with van der Waals surface area (Å²) in [5.41, 5.74) is 6.08. The van der Waals surface area contributed by atoms with E-state index in [9.17, 15) is 14.4 Å². The van der Waals surface area contributed by atoms with Gasteiger partial charge >= 0.3 is 12.0 Å². The monoisotopic (exact) mass is 313 g/mol. The third kappa shape index (κ3) is 6.75. The van der Waals surface area contributed by atoms with Gasteiger partial charge in [-0.3, -0.25) is 4.79 Å². The summed E-state index contributed by atoms with van der Waals surface area (Å²) >= 11 is 1.57. The number of urea groups is 1. The lowest BCUT2D eigenvalue weighted by atomic mass is 10.1. The van der Waals surface area contributed by atoms with Crippen LogP contribution in [0.1, 0.15) is 25.3 Å². The summed E-state index contributed by atoms with van der Waals surface area (Å²) < 4.78 is 0. The Kier molecular flexibility index (Phi) is 6.67. The molecule has 0 aliphatic heterocycles. The van der Waals surface area contributed by atoms with Crippen LogP contribution in [0, 0.1) is 0 Å². The van der Waals surface area contributed by atoms with Crippen molar-refractivity contribution < 1.29 is 19.5 Å². The topological polar surface area (TPSA) is 122 Å². The summed E-state index contributed by atoms with van der Waals surface area (Å²) in [6.07, 6.45) is 0.536. The predicted molar refractivity (Wildman–Crippen MR) is 79.0 cm³/mol. The molecule has 0 fully saturated rings. The summed E-state index contributed by atoms with van der Waals surface area (Å²) in [5.74, 6) is -1.80. The molecule has 1 heterocycles. The molecule has 0 spiro atoms. The van der Waals surface area contributed by atoms with Gasteiger partial charge in [-0.05, 0) is 42.2 Å². The van der Waals surface area contributed by atoms with E-state index in [1.165, 1.54) is 0 Å². The molecule has 0 bridgehead atoms. The van der Waals surface area contributed by atoms with Gasteiger partial charge in [-0.15, -0.1) is 0 Å². The molecule has 0 aliphatic carbocycles. The van der Waals surface area contributed by atoms with Gasteiger partial charge in [0.15, 0.2) is 0 Å². The molecule has 0 radical (unpaired) electrons. The van der Waals surface area contributed by atoms with Crippen molar-refractivity contribution in [3.05, 3.63) is 22.4 Å². The molecule has 1 aromatic rings. The Balaban J connectivity index is 2.42. The number of carboxylic acid groups (broad SMARTS) is 1. The molecule has 21 heavy (non-hydrogen) atoms. The van der Waals surface area contributed by atoms with Gasteiger partial charge in [0.25, 0.3) is 0 Å². The zero-order valence-electron chi connectivity index (χ0n) is 11.7. The molecular formula is C13H19N3O4S. The van der Waals surface area contributed by atoms with Crippen LogP contribution in [0.5, 0.6) is 0 Å². The minimum atomic E-state index is -1.20. The zero-order chi connectivity index (χ0) is 15.8. The lowest BCUT2D eigenvalue weighted by molar-refractivity contribution is -0.139. The fourth-order valence-electron chi connectivity index (χ4n) is 1.78. The first-order valence-corrected chi connectivity index (χ1v) is 7.42. The highest BCUT2D eigenvalue weighted by atomic mass is 32.1. The van der Waals surface area contributed by atoms with Crippen LogP contribution in [0.4, 0.5) is 4.79 Å². The molecule has 0 aromatic carbocycles. The zero-order valence-corrected chi connectivity index (χ0v) is 12.5. The van der Waals surface area contributed by atoms with Gasteiger partial charge in [0.05, 0.1) is 0 Å². The minimum Gasteiger partial charge on any atom is -0.480 e. The molecule has 116 valence electrons. The molecule has 3 amide bonds. The Hall–Kier alpha value is -2.09. The third-order valence-electron chi connectivity index (χ3n) is 2.78. The largest absolute Gasteiger partial charge is 0.480 e. The molecule has 2 atom stereocenters. The highest BCUT2D eigenvalue weighted by Crippen LogP contribution is 2.08. The quantitative estimate of drug-likeness (QED) is 0.564. The Morgan fingerprint density at radius 3 is 2.62 bits per heavy atom. The summed E-state index contributed by atoms with van der Waals surface area (Å²) in [4.78, 5) is 33.4.